The summed E-state index contributed by atoms with van der Waals surface area (Å²) in [5, 5.41) is 13.4. The van der Waals surface area contributed by atoms with Gasteiger partial charge in [0.1, 0.15) is 12.2 Å². The SMILES string of the molecule is CCN(CC(F)(F)F)C(=O)c1cccc([N+](=O)[O-])c1NC. The van der Waals surface area contributed by atoms with Crippen LogP contribution in [0.3, 0.4) is 0 Å². The van der Waals surface area contributed by atoms with Gasteiger partial charge in [0.25, 0.3) is 11.6 Å². The number of amides is 1. The van der Waals surface area contributed by atoms with Gasteiger partial charge in [-0.05, 0) is 13.0 Å². The average molecular weight is 305 g/mol. The maximum atomic E-state index is 12.4. The van der Waals surface area contributed by atoms with E-state index in [1.54, 1.807) is 0 Å². The first kappa shape index (κ1) is 16.7. The molecule has 0 saturated carbocycles. The lowest BCUT2D eigenvalue weighted by molar-refractivity contribution is -0.384. The van der Waals surface area contributed by atoms with Crippen molar-refractivity contribution in [3.63, 3.8) is 0 Å². The molecule has 0 radical (unpaired) electrons. The second-order valence-electron chi connectivity index (χ2n) is 4.14. The van der Waals surface area contributed by atoms with E-state index in [4.69, 9.17) is 0 Å². The Morgan fingerprint density at radius 3 is 2.48 bits per heavy atom. The predicted octanol–water partition coefficient (Wildman–Crippen LogP) is 2.66. The van der Waals surface area contributed by atoms with Gasteiger partial charge in [0.2, 0.25) is 0 Å². The summed E-state index contributed by atoms with van der Waals surface area (Å²) in [6.07, 6.45) is -4.54. The maximum Gasteiger partial charge on any atom is 0.406 e. The van der Waals surface area contributed by atoms with E-state index in [2.05, 4.69) is 5.32 Å². The molecule has 1 N–H and O–H groups in total. The third-order valence-electron chi connectivity index (χ3n) is 2.76. The van der Waals surface area contributed by atoms with Crippen molar-refractivity contribution < 1.29 is 22.9 Å². The fourth-order valence-electron chi connectivity index (χ4n) is 1.85. The topological polar surface area (TPSA) is 75.5 Å². The van der Waals surface area contributed by atoms with Gasteiger partial charge in [-0.2, -0.15) is 13.2 Å². The van der Waals surface area contributed by atoms with Crippen LogP contribution in [-0.4, -0.2) is 42.0 Å². The molecule has 1 aromatic carbocycles. The highest BCUT2D eigenvalue weighted by atomic mass is 19.4. The molecule has 1 aromatic rings. The van der Waals surface area contributed by atoms with Crippen LogP contribution in [-0.2, 0) is 0 Å². The molecular weight excluding hydrogens is 291 g/mol. The quantitative estimate of drug-likeness (QED) is 0.670. The molecule has 1 rings (SSSR count). The number of hydrogen-bond donors (Lipinski definition) is 1. The van der Waals surface area contributed by atoms with Crippen LogP contribution >= 0.6 is 0 Å². The number of alkyl halides is 3. The summed E-state index contributed by atoms with van der Waals surface area (Å²) >= 11 is 0. The number of nitro benzene ring substituents is 1. The average Bonchev–Trinajstić information content (AvgIpc) is 2.41. The van der Waals surface area contributed by atoms with Crippen molar-refractivity contribution in [3.8, 4) is 0 Å². The highest BCUT2D eigenvalue weighted by molar-refractivity contribution is 6.01. The summed E-state index contributed by atoms with van der Waals surface area (Å²) in [5.74, 6) is -0.914. The second-order valence-corrected chi connectivity index (χ2v) is 4.14. The van der Waals surface area contributed by atoms with Crippen molar-refractivity contribution in [2.45, 2.75) is 13.1 Å². The smallest absolute Gasteiger partial charge is 0.382 e. The lowest BCUT2D eigenvalue weighted by atomic mass is 10.1. The van der Waals surface area contributed by atoms with Gasteiger partial charge in [0.05, 0.1) is 10.5 Å². The zero-order valence-corrected chi connectivity index (χ0v) is 11.4. The van der Waals surface area contributed by atoms with Gasteiger partial charge in [0.15, 0.2) is 0 Å². The molecule has 0 aliphatic carbocycles. The minimum Gasteiger partial charge on any atom is -0.382 e. The number of anilines is 1. The normalized spacial score (nSPS) is 11.1. The van der Waals surface area contributed by atoms with Gasteiger partial charge >= 0.3 is 6.18 Å². The largest absolute Gasteiger partial charge is 0.406 e. The molecule has 0 bridgehead atoms. The Hall–Kier alpha value is -2.32. The molecule has 116 valence electrons. The number of nitro groups is 1. The number of halogens is 3. The molecule has 0 saturated heterocycles. The van der Waals surface area contributed by atoms with E-state index < -0.39 is 23.6 Å². The molecule has 0 spiro atoms. The van der Waals surface area contributed by atoms with E-state index in [1.165, 1.54) is 32.2 Å². The lowest BCUT2D eigenvalue weighted by Gasteiger charge is -2.23. The number of carbonyl (C=O) groups excluding carboxylic acids is 1. The molecule has 0 fully saturated rings. The Labute approximate surface area is 118 Å². The third-order valence-corrected chi connectivity index (χ3v) is 2.76. The van der Waals surface area contributed by atoms with Crippen LogP contribution < -0.4 is 5.32 Å². The number of nitrogens with zero attached hydrogens (tertiary/aromatic N) is 2. The maximum absolute atomic E-state index is 12.4. The van der Waals surface area contributed by atoms with Crippen molar-refractivity contribution >= 4 is 17.3 Å². The molecule has 9 heteroatoms. The van der Waals surface area contributed by atoms with E-state index in [0.29, 0.717) is 4.90 Å². The fraction of sp³-hybridized carbons (Fsp3) is 0.417. The Balaban J connectivity index is 3.22. The Morgan fingerprint density at radius 1 is 1.43 bits per heavy atom. The first-order valence-electron chi connectivity index (χ1n) is 6.02. The first-order chi connectivity index (χ1) is 9.71. The van der Waals surface area contributed by atoms with Gasteiger partial charge in [-0.3, -0.25) is 14.9 Å². The molecule has 0 atom stereocenters. The van der Waals surface area contributed by atoms with Crippen molar-refractivity contribution in [1.29, 1.82) is 0 Å². The van der Waals surface area contributed by atoms with Gasteiger partial charge in [-0.1, -0.05) is 6.07 Å². The van der Waals surface area contributed by atoms with E-state index >= 15 is 0 Å². The van der Waals surface area contributed by atoms with Crippen LogP contribution in [0, 0.1) is 10.1 Å². The number of carbonyl (C=O) groups is 1. The van der Waals surface area contributed by atoms with Crippen molar-refractivity contribution in [1.82, 2.24) is 4.90 Å². The molecule has 0 aliphatic rings. The van der Waals surface area contributed by atoms with E-state index in [1.807, 2.05) is 0 Å². The Kier molecular flexibility index (Phi) is 5.12. The lowest BCUT2D eigenvalue weighted by Crippen LogP contribution is -2.39. The zero-order chi connectivity index (χ0) is 16.2. The minimum atomic E-state index is -4.54. The molecular formula is C12H14F3N3O3. The summed E-state index contributed by atoms with van der Waals surface area (Å²) < 4.78 is 37.3. The van der Waals surface area contributed by atoms with E-state index in [0.717, 1.165) is 0 Å². The van der Waals surface area contributed by atoms with Crippen LogP contribution in [0.1, 0.15) is 17.3 Å². The Bertz CT molecular complexity index is 546. The summed E-state index contributed by atoms with van der Waals surface area (Å²) in [6.45, 7) is -0.168. The minimum absolute atomic E-state index is 0.104. The number of nitrogens with one attached hydrogen (secondary N) is 1. The number of benzene rings is 1. The molecule has 0 aromatic heterocycles. The van der Waals surface area contributed by atoms with Gasteiger partial charge < -0.3 is 10.2 Å². The molecule has 21 heavy (non-hydrogen) atoms. The monoisotopic (exact) mass is 305 g/mol. The molecule has 1 amide bonds. The Morgan fingerprint density at radius 2 is 2.05 bits per heavy atom. The third kappa shape index (κ3) is 4.07. The second kappa shape index (κ2) is 6.42. The number of hydrogen-bond acceptors (Lipinski definition) is 4. The van der Waals surface area contributed by atoms with Crippen LogP contribution in [0.2, 0.25) is 0 Å². The molecule has 6 nitrogen and oxygen atoms in total. The van der Waals surface area contributed by atoms with Crippen molar-refractivity contribution in [3.05, 3.63) is 33.9 Å². The summed E-state index contributed by atoms with van der Waals surface area (Å²) in [6, 6.07) is 3.68. The standard InChI is InChI=1S/C12H14F3N3O3/c1-3-17(7-12(13,14)15)11(19)8-5-4-6-9(18(20)21)10(8)16-2/h4-6,16H,3,7H2,1-2H3. The highest BCUT2D eigenvalue weighted by Crippen LogP contribution is 2.29. The highest BCUT2D eigenvalue weighted by Gasteiger charge is 2.34. The first-order valence-corrected chi connectivity index (χ1v) is 6.02. The van der Waals surface area contributed by atoms with Crippen LogP contribution in [0.4, 0.5) is 24.5 Å². The molecule has 0 unspecified atom stereocenters. The fourth-order valence-corrected chi connectivity index (χ4v) is 1.85. The van der Waals surface area contributed by atoms with Crippen molar-refractivity contribution in [2.75, 3.05) is 25.5 Å². The van der Waals surface area contributed by atoms with Crippen LogP contribution in [0.5, 0.6) is 0 Å². The predicted molar refractivity (Wildman–Crippen MR) is 70.3 cm³/mol. The number of rotatable bonds is 5. The summed E-state index contributed by atoms with van der Waals surface area (Å²) in [7, 11) is 1.36. The van der Waals surface area contributed by atoms with Crippen LogP contribution in [0.25, 0.3) is 0 Å². The summed E-state index contributed by atoms with van der Waals surface area (Å²) in [4.78, 5) is 22.9. The molecule has 0 heterocycles. The van der Waals surface area contributed by atoms with Gasteiger partial charge in [-0.25, -0.2) is 0 Å². The van der Waals surface area contributed by atoms with Crippen molar-refractivity contribution in [2.24, 2.45) is 0 Å². The molecule has 0 aliphatic heterocycles. The number of para-hydroxylation sites is 1. The van der Waals surface area contributed by atoms with Gasteiger partial charge in [-0.15, -0.1) is 0 Å². The van der Waals surface area contributed by atoms with E-state index in [9.17, 15) is 28.1 Å². The summed E-state index contributed by atoms with van der Waals surface area (Å²) in [5.41, 5.74) is -0.641. The van der Waals surface area contributed by atoms with E-state index in [-0.39, 0.29) is 23.5 Å². The van der Waals surface area contributed by atoms with Crippen LogP contribution in [0.15, 0.2) is 18.2 Å². The zero-order valence-electron chi connectivity index (χ0n) is 11.4. The van der Waals surface area contributed by atoms with Gasteiger partial charge in [0, 0.05) is 19.7 Å².